The Kier molecular flexibility index (Phi) is 2.84. The van der Waals surface area contributed by atoms with Crippen molar-refractivity contribution < 1.29 is 15.0 Å². The highest BCUT2D eigenvalue weighted by molar-refractivity contribution is 5.80. The summed E-state index contributed by atoms with van der Waals surface area (Å²) in [5.41, 5.74) is 5.16. The lowest BCUT2D eigenvalue weighted by atomic mass is 9.96. The quantitative estimate of drug-likeness (QED) is 0.884. The number of carbonyl (C=O) groups is 1. The molecule has 0 bridgehead atoms. The molecule has 0 aliphatic heterocycles. The van der Waals surface area contributed by atoms with Crippen molar-refractivity contribution in [2.24, 2.45) is 0 Å². The second-order valence-corrected chi connectivity index (χ2v) is 4.81. The highest BCUT2D eigenvalue weighted by atomic mass is 16.4. The predicted octanol–water partition coefficient (Wildman–Crippen LogP) is 2.42. The molecule has 1 unspecified atom stereocenters. The zero-order valence-electron chi connectivity index (χ0n) is 10.3. The van der Waals surface area contributed by atoms with E-state index in [0.29, 0.717) is 0 Å². The Balaban J connectivity index is 2.12. The molecule has 2 aromatic rings. The third kappa shape index (κ3) is 1.92. The molecule has 0 heterocycles. The fourth-order valence-electron chi connectivity index (χ4n) is 2.84. The van der Waals surface area contributed by atoms with E-state index in [2.05, 4.69) is 0 Å². The molecule has 1 atom stereocenters. The van der Waals surface area contributed by atoms with Crippen molar-refractivity contribution in [3.05, 3.63) is 59.2 Å². The Labute approximate surface area is 111 Å². The van der Waals surface area contributed by atoms with Gasteiger partial charge in [0.05, 0.1) is 13.0 Å². The molecule has 0 aromatic heterocycles. The minimum atomic E-state index is -0.837. The number of hydrogen-bond acceptors (Lipinski definition) is 2. The first-order valence-electron chi connectivity index (χ1n) is 6.25. The number of benzene rings is 2. The van der Waals surface area contributed by atoms with Gasteiger partial charge in [0.25, 0.3) is 0 Å². The first-order chi connectivity index (χ1) is 9.20. The summed E-state index contributed by atoms with van der Waals surface area (Å²) in [7, 11) is 0. The molecular formula is C16H14O3. The number of aliphatic hydroxyl groups is 1. The monoisotopic (exact) mass is 254 g/mol. The highest BCUT2D eigenvalue weighted by Gasteiger charge is 2.27. The Morgan fingerprint density at radius 1 is 1.05 bits per heavy atom. The maximum Gasteiger partial charge on any atom is 0.307 e. The van der Waals surface area contributed by atoms with Crippen LogP contribution in [0, 0.1) is 0 Å². The van der Waals surface area contributed by atoms with E-state index < -0.39 is 5.97 Å². The van der Waals surface area contributed by atoms with Crippen LogP contribution in [0.5, 0.6) is 0 Å². The first kappa shape index (κ1) is 11.9. The number of rotatable bonds is 3. The van der Waals surface area contributed by atoms with Crippen LogP contribution in [0.4, 0.5) is 0 Å². The zero-order valence-corrected chi connectivity index (χ0v) is 10.3. The van der Waals surface area contributed by atoms with Crippen LogP contribution < -0.4 is 0 Å². The van der Waals surface area contributed by atoms with Crippen LogP contribution in [0.3, 0.4) is 0 Å². The number of aliphatic hydroxyl groups excluding tert-OH is 1. The van der Waals surface area contributed by atoms with E-state index in [1.807, 2.05) is 42.5 Å². The molecule has 96 valence electrons. The van der Waals surface area contributed by atoms with Gasteiger partial charge in [-0.2, -0.15) is 0 Å². The maximum absolute atomic E-state index is 10.8. The van der Waals surface area contributed by atoms with Crippen LogP contribution >= 0.6 is 0 Å². The lowest BCUT2D eigenvalue weighted by Gasteiger charge is -2.10. The van der Waals surface area contributed by atoms with Gasteiger partial charge in [-0.15, -0.1) is 0 Å². The van der Waals surface area contributed by atoms with E-state index in [1.165, 1.54) is 0 Å². The van der Waals surface area contributed by atoms with E-state index in [1.54, 1.807) is 0 Å². The SMILES string of the molecule is O=C(O)Cc1ccc2c(c1)C(CO)c1ccccc1-2. The van der Waals surface area contributed by atoms with Gasteiger partial charge in [0, 0.05) is 5.92 Å². The number of hydrogen-bond donors (Lipinski definition) is 2. The smallest absolute Gasteiger partial charge is 0.307 e. The first-order valence-corrected chi connectivity index (χ1v) is 6.25. The second kappa shape index (κ2) is 4.52. The van der Waals surface area contributed by atoms with Crippen LogP contribution in [0.1, 0.15) is 22.6 Å². The zero-order chi connectivity index (χ0) is 13.4. The van der Waals surface area contributed by atoms with Crippen LogP contribution in [-0.4, -0.2) is 22.8 Å². The number of carboxylic acids is 1. The summed E-state index contributed by atoms with van der Waals surface area (Å²) in [5.74, 6) is -0.879. The minimum absolute atomic E-state index is 0.0156. The average molecular weight is 254 g/mol. The third-order valence-electron chi connectivity index (χ3n) is 3.66. The molecule has 0 amide bonds. The second-order valence-electron chi connectivity index (χ2n) is 4.81. The van der Waals surface area contributed by atoms with Gasteiger partial charge in [-0.05, 0) is 27.8 Å². The fourth-order valence-corrected chi connectivity index (χ4v) is 2.84. The van der Waals surface area contributed by atoms with Gasteiger partial charge in [0.2, 0.25) is 0 Å². The van der Waals surface area contributed by atoms with Crippen LogP contribution in [-0.2, 0) is 11.2 Å². The summed E-state index contributed by atoms with van der Waals surface area (Å²) in [5, 5.41) is 18.5. The maximum atomic E-state index is 10.8. The molecule has 1 aliphatic carbocycles. The Bertz CT molecular complexity index is 646. The standard InChI is InChI=1S/C16H14O3/c17-9-15-12-4-2-1-3-11(12)13-6-5-10(7-14(13)15)8-16(18)19/h1-7,15,17H,8-9H2,(H,18,19). The highest BCUT2D eigenvalue weighted by Crippen LogP contribution is 2.44. The lowest BCUT2D eigenvalue weighted by Crippen LogP contribution is -2.04. The van der Waals surface area contributed by atoms with Gasteiger partial charge in [-0.3, -0.25) is 4.79 Å². The van der Waals surface area contributed by atoms with Crippen molar-refractivity contribution in [2.45, 2.75) is 12.3 Å². The average Bonchev–Trinajstić information content (AvgIpc) is 2.71. The molecule has 0 spiro atoms. The van der Waals surface area contributed by atoms with E-state index >= 15 is 0 Å². The van der Waals surface area contributed by atoms with E-state index in [0.717, 1.165) is 27.8 Å². The van der Waals surface area contributed by atoms with Crippen molar-refractivity contribution in [1.82, 2.24) is 0 Å². The molecule has 0 saturated carbocycles. The Morgan fingerprint density at radius 2 is 1.79 bits per heavy atom. The molecule has 1 aliphatic rings. The predicted molar refractivity (Wildman–Crippen MR) is 72.1 cm³/mol. The fraction of sp³-hybridized carbons (Fsp3) is 0.188. The van der Waals surface area contributed by atoms with Crippen LogP contribution in [0.25, 0.3) is 11.1 Å². The molecule has 19 heavy (non-hydrogen) atoms. The molecule has 2 N–H and O–H groups in total. The van der Waals surface area contributed by atoms with Crippen molar-refractivity contribution in [2.75, 3.05) is 6.61 Å². The van der Waals surface area contributed by atoms with E-state index in [9.17, 15) is 9.90 Å². The van der Waals surface area contributed by atoms with Gasteiger partial charge in [0.15, 0.2) is 0 Å². The Hall–Kier alpha value is -2.13. The number of fused-ring (bicyclic) bond motifs is 3. The third-order valence-corrected chi connectivity index (χ3v) is 3.66. The molecule has 3 heteroatoms. The summed E-state index contributed by atoms with van der Waals surface area (Å²) in [6.45, 7) is 0.0422. The van der Waals surface area contributed by atoms with Crippen LogP contribution in [0.15, 0.2) is 42.5 Å². The molecule has 3 rings (SSSR count). The topological polar surface area (TPSA) is 57.5 Å². The van der Waals surface area contributed by atoms with Gasteiger partial charge in [-0.1, -0.05) is 42.5 Å². The number of carboxylic acid groups (broad SMARTS) is 1. The normalized spacial score (nSPS) is 15.9. The van der Waals surface area contributed by atoms with Gasteiger partial charge in [0.1, 0.15) is 0 Å². The number of aliphatic carboxylic acids is 1. The van der Waals surface area contributed by atoms with Gasteiger partial charge in [-0.25, -0.2) is 0 Å². The largest absolute Gasteiger partial charge is 0.481 e. The van der Waals surface area contributed by atoms with Gasteiger partial charge < -0.3 is 10.2 Å². The van der Waals surface area contributed by atoms with Crippen molar-refractivity contribution in [3.8, 4) is 11.1 Å². The van der Waals surface area contributed by atoms with Crippen LogP contribution in [0.2, 0.25) is 0 Å². The van der Waals surface area contributed by atoms with E-state index in [-0.39, 0.29) is 18.9 Å². The molecule has 0 saturated heterocycles. The van der Waals surface area contributed by atoms with E-state index in [4.69, 9.17) is 5.11 Å². The molecular weight excluding hydrogens is 240 g/mol. The summed E-state index contributed by atoms with van der Waals surface area (Å²) in [6, 6.07) is 13.7. The Morgan fingerprint density at radius 3 is 2.53 bits per heavy atom. The molecule has 0 radical (unpaired) electrons. The molecule has 3 nitrogen and oxygen atoms in total. The van der Waals surface area contributed by atoms with Gasteiger partial charge >= 0.3 is 5.97 Å². The molecule has 2 aromatic carbocycles. The summed E-state index contributed by atoms with van der Waals surface area (Å²) >= 11 is 0. The van der Waals surface area contributed by atoms with Crippen molar-refractivity contribution in [3.63, 3.8) is 0 Å². The summed E-state index contributed by atoms with van der Waals surface area (Å²) in [4.78, 5) is 10.8. The lowest BCUT2D eigenvalue weighted by molar-refractivity contribution is -0.136. The molecule has 0 fully saturated rings. The summed E-state index contributed by atoms with van der Waals surface area (Å²) < 4.78 is 0. The summed E-state index contributed by atoms with van der Waals surface area (Å²) in [6.07, 6.45) is 0.0156. The van der Waals surface area contributed by atoms with Crippen molar-refractivity contribution in [1.29, 1.82) is 0 Å². The van der Waals surface area contributed by atoms with Crippen molar-refractivity contribution >= 4 is 5.97 Å². The minimum Gasteiger partial charge on any atom is -0.481 e.